The highest BCUT2D eigenvalue weighted by Gasteiger charge is 2.13. The van der Waals surface area contributed by atoms with Crippen LogP contribution in [0, 0.1) is 0 Å². The van der Waals surface area contributed by atoms with Crippen LogP contribution in [0.1, 0.15) is 62.1 Å². The zero-order valence-corrected chi connectivity index (χ0v) is 16.9. The Morgan fingerprint density at radius 2 is 1.81 bits per heavy atom. The van der Waals surface area contributed by atoms with Crippen LogP contribution in [0.25, 0.3) is 0 Å². The maximum absolute atomic E-state index is 5.55. The number of rotatable bonds is 10. The van der Waals surface area contributed by atoms with E-state index in [0.717, 1.165) is 30.3 Å². The molecule has 0 fully saturated rings. The van der Waals surface area contributed by atoms with Crippen molar-refractivity contribution in [3.8, 4) is 0 Å². The van der Waals surface area contributed by atoms with Gasteiger partial charge in [0.2, 0.25) is 0 Å². The molecule has 0 unspecified atom stereocenters. The number of aliphatic imine (C=N–C) groups is 1. The van der Waals surface area contributed by atoms with Gasteiger partial charge in [-0.25, -0.2) is 0 Å². The van der Waals surface area contributed by atoms with Crippen molar-refractivity contribution in [1.29, 1.82) is 0 Å². The highest BCUT2D eigenvalue weighted by molar-refractivity contribution is 5.79. The van der Waals surface area contributed by atoms with E-state index in [1.54, 1.807) is 7.05 Å². The Morgan fingerprint density at radius 3 is 2.48 bits per heavy atom. The van der Waals surface area contributed by atoms with Crippen LogP contribution < -0.4 is 10.6 Å². The number of benzene rings is 1. The Bertz CT molecular complexity index is 708. The third kappa shape index (κ3) is 6.40. The molecule has 0 spiro atoms. The number of nitrogens with zero attached hydrogens (tertiary/aromatic N) is 2. The highest BCUT2D eigenvalue weighted by atomic mass is 16.5. The summed E-state index contributed by atoms with van der Waals surface area (Å²) in [7, 11) is 1.76. The Labute approximate surface area is 162 Å². The second-order valence-corrected chi connectivity index (χ2v) is 6.42. The Balaban J connectivity index is 1.88. The molecule has 0 aliphatic rings. The van der Waals surface area contributed by atoms with E-state index in [1.165, 1.54) is 11.1 Å². The van der Waals surface area contributed by atoms with Crippen molar-refractivity contribution in [1.82, 2.24) is 15.8 Å². The minimum absolute atomic E-state index is 0.460. The van der Waals surface area contributed by atoms with Crippen LogP contribution in [-0.2, 0) is 24.4 Å². The van der Waals surface area contributed by atoms with Gasteiger partial charge < -0.3 is 19.9 Å². The first-order chi connectivity index (χ1) is 13.2. The molecule has 0 saturated carbocycles. The first kappa shape index (κ1) is 21.0. The Kier molecular flexibility index (Phi) is 8.84. The smallest absolute Gasteiger partial charge is 0.191 e. The highest BCUT2D eigenvalue weighted by Crippen LogP contribution is 2.22. The lowest BCUT2D eigenvalue weighted by molar-refractivity contribution is 0.133. The summed E-state index contributed by atoms with van der Waals surface area (Å²) in [5.74, 6) is 2.00. The largest absolute Gasteiger partial charge is 0.377 e. The van der Waals surface area contributed by atoms with Crippen molar-refractivity contribution in [2.45, 2.75) is 59.2 Å². The summed E-state index contributed by atoms with van der Waals surface area (Å²) in [6, 6.07) is 10.3. The topological polar surface area (TPSA) is 71.7 Å². The number of aromatic nitrogens is 1. The molecule has 1 aromatic heterocycles. The van der Waals surface area contributed by atoms with Gasteiger partial charge in [-0.2, -0.15) is 0 Å². The van der Waals surface area contributed by atoms with Gasteiger partial charge in [-0.1, -0.05) is 43.3 Å². The SMILES string of the molecule is CCOCc1ccccc1CNC(=NC)NCc1cc(C(CC)CC)no1. The molecule has 0 aliphatic heterocycles. The van der Waals surface area contributed by atoms with Crippen molar-refractivity contribution in [2.24, 2.45) is 4.99 Å². The monoisotopic (exact) mass is 372 g/mol. The van der Waals surface area contributed by atoms with E-state index in [4.69, 9.17) is 9.26 Å². The number of hydrogen-bond acceptors (Lipinski definition) is 4. The lowest BCUT2D eigenvalue weighted by Gasteiger charge is -2.13. The molecule has 0 atom stereocenters. The second-order valence-electron chi connectivity index (χ2n) is 6.42. The van der Waals surface area contributed by atoms with Gasteiger partial charge in [0.05, 0.1) is 18.8 Å². The fourth-order valence-corrected chi connectivity index (χ4v) is 2.96. The Hall–Kier alpha value is -2.34. The molecule has 2 aromatic rings. The summed E-state index contributed by atoms with van der Waals surface area (Å²) in [5, 5.41) is 10.8. The fraction of sp³-hybridized carbons (Fsp3) is 0.524. The van der Waals surface area contributed by atoms with Crippen molar-refractivity contribution in [3.63, 3.8) is 0 Å². The molecule has 0 saturated heterocycles. The predicted molar refractivity (Wildman–Crippen MR) is 109 cm³/mol. The van der Waals surface area contributed by atoms with Gasteiger partial charge in [-0.05, 0) is 30.9 Å². The normalized spacial score (nSPS) is 11.8. The molecular formula is C21H32N4O2. The van der Waals surface area contributed by atoms with Crippen molar-refractivity contribution >= 4 is 5.96 Å². The average Bonchev–Trinajstić information content (AvgIpc) is 3.17. The average molecular weight is 373 g/mol. The molecule has 2 N–H and O–H groups in total. The third-order valence-electron chi connectivity index (χ3n) is 4.66. The quantitative estimate of drug-likeness (QED) is 0.487. The molecule has 0 bridgehead atoms. The van der Waals surface area contributed by atoms with Crippen LogP contribution in [-0.4, -0.2) is 24.8 Å². The molecular weight excluding hydrogens is 340 g/mol. The van der Waals surface area contributed by atoms with Gasteiger partial charge >= 0.3 is 0 Å². The van der Waals surface area contributed by atoms with E-state index in [-0.39, 0.29) is 0 Å². The molecule has 0 radical (unpaired) electrons. The fourth-order valence-electron chi connectivity index (χ4n) is 2.96. The molecule has 27 heavy (non-hydrogen) atoms. The van der Waals surface area contributed by atoms with E-state index in [9.17, 15) is 0 Å². The van der Waals surface area contributed by atoms with Crippen LogP contribution in [0.4, 0.5) is 0 Å². The van der Waals surface area contributed by atoms with Crippen LogP contribution in [0.15, 0.2) is 39.8 Å². The molecule has 6 nitrogen and oxygen atoms in total. The summed E-state index contributed by atoms with van der Waals surface area (Å²) in [6.07, 6.45) is 2.14. The maximum atomic E-state index is 5.55. The second kappa shape index (κ2) is 11.4. The molecule has 0 amide bonds. The van der Waals surface area contributed by atoms with E-state index in [1.807, 2.05) is 25.1 Å². The molecule has 2 rings (SSSR count). The third-order valence-corrected chi connectivity index (χ3v) is 4.66. The van der Waals surface area contributed by atoms with Gasteiger partial charge in [0, 0.05) is 32.2 Å². The van der Waals surface area contributed by atoms with E-state index < -0.39 is 0 Å². The molecule has 1 heterocycles. The van der Waals surface area contributed by atoms with Crippen molar-refractivity contribution in [2.75, 3.05) is 13.7 Å². The van der Waals surface area contributed by atoms with E-state index in [2.05, 4.69) is 46.8 Å². The van der Waals surface area contributed by atoms with E-state index in [0.29, 0.717) is 32.2 Å². The summed E-state index contributed by atoms with van der Waals surface area (Å²) < 4.78 is 11.0. The number of ether oxygens (including phenoxy) is 1. The number of nitrogens with one attached hydrogen (secondary N) is 2. The summed E-state index contributed by atoms with van der Waals surface area (Å²) in [5.41, 5.74) is 3.42. The summed E-state index contributed by atoms with van der Waals surface area (Å²) in [4.78, 5) is 4.29. The van der Waals surface area contributed by atoms with Crippen LogP contribution in [0.3, 0.4) is 0 Å². The first-order valence-electron chi connectivity index (χ1n) is 9.76. The van der Waals surface area contributed by atoms with Crippen LogP contribution in [0.5, 0.6) is 0 Å². The van der Waals surface area contributed by atoms with Crippen LogP contribution in [0.2, 0.25) is 0 Å². The van der Waals surface area contributed by atoms with E-state index >= 15 is 0 Å². The Morgan fingerprint density at radius 1 is 1.11 bits per heavy atom. The lowest BCUT2D eigenvalue weighted by atomic mass is 9.99. The van der Waals surface area contributed by atoms with Crippen molar-refractivity contribution in [3.05, 3.63) is 52.9 Å². The standard InChI is InChI=1S/C21H32N4O2/c1-5-16(6-2)20-12-19(27-25-20)14-24-21(22-4)23-13-17-10-8-9-11-18(17)15-26-7-3/h8-12,16H,5-7,13-15H2,1-4H3,(H2,22,23,24). The maximum Gasteiger partial charge on any atom is 0.191 e. The summed E-state index contributed by atoms with van der Waals surface area (Å²) in [6.45, 7) is 8.92. The van der Waals surface area contributed by atoms with Gasteiger partial charge in [0.25, 0.3) is 0 Å². The molecule has 1 aromatic carbocycles. The number of guanidine groups is 1. The van der Waals surface area contributed by atoms with Gasteiger partial charge in [0.15, 0.2) is 11.7 Å². The van der Waals surface area contributed by atoms with Crippen molar-refractivity contribution < 1.29 is 9.26 Å². The van der Waals surface area contributed by atoms with Gasteiger partial charge in [0.1, 0.15) is 0 Å². The first-order valence-corrected chi connectivity index (χ1v) is 9.76. The predicted octanol–water partition coefficient (Wildman–Crippen LogP) is 3.98. The summed E-state index contributed by atoms with van der Waals surface area (Å²) >= 11 is 0. The lowest BCUT2D eigenvalue weighted by Crippen LogP contribution is -2.36. The minimum Gasteiger partial charge on any atom is -0.377 e. The minimum atomic E-state index is 0.460. The zero-order valence-electron chi connectivity index (χ0n) is 16.9. The molecule has 148 valence electrons. The zero-order chi connectivity index (χ0) is 19.5. The molecule has 0 aliphatic carbocycles. The number of hydrogen-bond donors (Lipinski definition) is 2. The van der Waals surface area contributed by atoms with Crippen LogP contribution >= 0.6 is 0 Å². The molecule has 6 heteroatoms. The van der Waals surface area contributed by atoms with Gasteiger partial charge in [-0.15, -0.1) is 0 Å². The van der Waals surface area contributed by atoms with Gasteiger partial charge in [-0.3, -0.25) is 4.99 Å².